The Bertz CT molecular complexity index is 1090. The highest BCUT2D eigenvalue weighted by Crippen LogP contribution is 2.51. The van der Waals surface area contributed by atoms with Crippen LogP contribution in [-0.2, 0) is 23.5 Å². The summed E-state index contributed by atoms with van der Waals surface area (Å²) < 4.78 is 43.3. The number of nitrogens with two attached hydrogens (primary N) is 1. The summed E-state index contributed by atoms with van der Waals surface area (Å²) in [5, 5.41) is 10.4. The van der Waals surface area contributed by atoms with E-state index in [2.05, 4.69) is 4.98 Å². The van der Waals surface area contributed by atoms with Crippen LogP contribution < -0.4 is 17.0 Å². The number of hydrogen-bond acceptors (Lipinski definition) is 9. The number of hydrogen-bond donors (Lipinski definition) is 3. The molecule has 11 nitrogen and oxygen atoms in total. The predicted molar refractivity (Wildman–Crippen MR) is 109 cm³/mol. The Balaban J connectivity index is 2.22. The largest absolute Gasteiger partial charge is 0.406 e. The van der Waals surface area contributed by atoms with Gasteiger partial charge in [0, 0.05) is 12.3 Å². The van der Waals surface area contributed by atoms with Gasteiger partial charge >= 0.3 is 5.69 Å². The lowest BCUT2D eigenvalue weighted by atomic mass is 9.89. The van der Waals surface area contributed by atoms with Crippen LogP contribution in [0.5, 0.6) is 0 Å². The zero-order valence-corrected chi connectivity index (χ0v) is 19.2. The van der Waals surface area contributed by atoms with Crippen molar-refractivity contribution in [1.82, 2.24) is 9.55 Å². The van der Waals surface area contributed by atoms with E-state index < -0.39 is 60.3 Å². The minimum atomic E-state index is -4.16. The molecule has 1 aromatic heterocycles. The van der Waals surface area contributed by atoms with Crippen molar-refractivity contribution in [3.8, 4) is 0 Å². The van der Waals surface area contributed by atoms with Crippen LogP contribution in [0, 0.1) is 0 Å². The minimum absolute atomic E-state index is 0.190. The van der Waals surface area contributed by atoms with Gasteiger partial charge in [-0.3, -0.25) is 14.3 Å². The number of ether oxygens (including phenoxy) is 1. The number of nitrogens with one attached hydrogen (secondary N) is 1. The van der Waals surface area contributed by atoms with Crippen molar-refractivity contribution >= 4 is 18.4 Å². The third-order valence-electron chi connectivity index (χ3n) is 5.96. The Morgan fingerprint density at radius 3 is 2.47 bits per heavy atom. The maximum atomic E-state index is 12.5. The normalized spacial score (nSPS) is 31.3. The first-order valence-electron chi connectivity index (χ1n) is 9.33. The molecule has 3 heterocycles. The molecular formula is C17H27N3O8SSi. The monoisotopic (exact) mass is 461 g/mol. The van der Waals surface area contributed by atoms with Crippen LogP contribution in [0.25, 0.3) is 0 Å². The fraction of sp³-hybridized carbons (Fsp3) is 0.647. The zero-order valence-electron chi connectivity index (χ0n) is 17.4. The highest BCUT2D eigenvalue weighted by atomic mass is 32.2. The summed E-state index contributed by atoms with van der Waals surface area (Å²) >= 11 is 0. The molecular weight excluding hydrogens is 434 g/mol. The lowest BCUT2D eigenvalue weighted by Crippen LogP contribution is -2.58. The van der Waals surface area contributed by atoms with E-state index in [1.807, 2.05) is 33.9 Å². The van der Waals surface area contributed by atoms with Crippen LogP contribution in [0.1, 0.15) is 27.0 Å². The van der Waals surface area contributed by atoms with Crippen molar-refractivity contribution in [3.05, 3.63) is 44.2 Å². The van der Waals surface area contributed by atoms with Gasteiger partial charge in [0.15, 0.2) is 20.1 Å². The van der Waals surface area contributed by atoms with E-state index in [0.29, 0.717) is 0 Å². The molecule has 2 aliphatic heterocycles. The molecule has 0 amide bonds. The highest BCUT2D eigenvalue weighted by Gasteiger charge is 2.66. The third kappa shape index (κ3) is 3.59. The lowest BCUT2D eigenvalue weighted by molar-refractivity contribution is -0.0587. The SMILES string of the molecule is CC(C)(C)[Si](C)(C)OC1C(n2ccc(=O)[nH]c2=O)OC(CO)C12OS(=O)(=O)C=C2N. The number of rotatable bonds is 4. The first-order valence-corrected chi connectivity index (χ1v) is 13.7. The van der Waals surface area contributed by atoms with Gasteiger partial charge in [-0.1, -0.05) is 20.8 Å². The zero-order chi connectivity index (χ0) is 22.7. The van der Waals surface area contributed by atoms with Crippen molar-refractivity contribution in [1.29, 1.82) is 0 Å². The van der Waals surface area contributed by atoms with E-state index in [-0.39, 0.29) is 10.7 Å². The van der Waals surface area contributed by atoms with Gasteiger partial charge < -0.3 is 20.0 Å². The van der Waals surface area contributed by atoms with E-state index in [1.165, 1.54) is 6.20 Å². The molecule has 1 saturated heterocycles. The van der Waals surface area contributed by atoms with E-state index in [4.69, 9.17) is 19.1 Å². The maximum absolute atomic E-state index is 12.5. The smallest absolute Gasteiger partial charge is 0.330 e. The van der Waals surface area contributed by atoms with E-state index >= 15 is 0 Å². The molecule has 4 N–H and O–H groups in total. The molecule has 13 heteroatoms. The standard InChI is InChI=1S/C17H27N3O8SSi/c1-16(2,3)30(4,5)27-13-14(20-7-6-12(22)19-15(20)23)26-11(8-21)17(13)10(18)9-29(24,25)28-17/h6-7,9,11,13-14,21H,8,18H2,1-5H3,(H,19,22,23). The van der Waals surface area contributed by atoms with Crippen molar-refractivity contribution < 1.29 is 26.9 Å². The molecule has 0 radical (unpaired) electrons. The van der Waals surface area contributed by atoms with Crippen LogP contribution in [0.2, 0.25) is 18.1 Å². The van der Waals surface area contributed by atoms with Gasteiger partial charge in [0.1, 0.15) is 12.2 Å². The average molecular weight is 462 g/mol. The van der Waals surface area contributed by atoms with Crippen LogP contribution in [0.3, 0.4) is 0 Å². The number of aliphatic hydroxyl groups is 1. The molecule has 1 aromatic rings. The maximum Gasteiger partial charge on any atom is 0.330 e. The molecule has 30 heavy (non-hydrogen) atoms. The molecule has 0 bridgehead atoms. The second kappa shape index (κ2) is 7.14. The topological polar surface area (TPSA) is 163 Å². The molecule has 1 spiro atoms. The van der Waals surface area contributed by atoms with Gasteiger partial charge in [-0.2, -0.15) is 8.42 Å². The Morgan fingerprint density at radius 1 is 1.37 bits per heavy atom. The Labute approximate surface area is 174 Å². The highest BCUT2D eigenvalue weighted by molar-refractivity contribution is 7.90. The molecule has 0 aromatic carbocycles. The lowest BCUT2D eigenvalue weighted by Gasteiger charge is -2.43. The Hall–Kier alpha value is -1.77. The molecule has 3 rings (SSSR count). The third-order valence-corrected chi connectivity index (χ3v) is 11.5. The molecule has 2 aliphatic rings. The van der Waals surface area contributed by atoms with Gasteiger partial charge in [-0.05, 0) is 18.1 Å². The first kappa shape index (κ1) is 22.9. The van der Waals surface area contributed by atoms with Crippen molar-refractivity contribution in [3.63, 3.8) is 0 Å². The van der Waals surface area contributed by atoms with Gasteiger partial charge in [0.2, 0.25) is 0 Å². The van der Waals surface area contributed by atoms with E-state index in [0.717, 1.165) is 16.0 Å². The number of aromatic nitrogens is 2. The Kier molecular flexibility index (Phi) is 5.45. The van der Waals surface area contributed by atoms with Gasteiger partial charge in [-0.25, -0.2) is 8.98 Å². The van der Waals surface area contributed by atoms with Crippen LogP contribution in [-0.4, -0.2) is 55.8 Å². The van der Waals surface area contributed by atoms with Crippen molar-refractivity contribution in [2.45, 2.75) is 62.9 Å². The molecule has 0 saturated carbocycles. The van der Waals surface area contributed by atoms with Gasteiger partial charge in [0.05, 0.1) is 17.7 Å². The molecule has 0 aliphatic carbocycles. The summed E-state index contributed by atoms with van der Waals surface area (Å²) in [5.41, 5.74) is 2.65. The molecule has 1 fully saturated rings. The first-order chi connectivity index (χ1) is 13.6. The van der Waals surface area contributed by atoms with Gasteiger partial charge in [-0.15, -0.1) is 0 Å². The van der Waals surface area contributed by atoms with Crippen LogP contribution in [0.4, 0.5) is 0 Å². The number of H-pyrrole nitrogens is 1. The summed E-state index contributed by atoms with van der Waals surface area (Å²) in [6.07, 6.45) is -2.41. The number of aromatic amines is 1. The average Bonchev–Trinajstić information content (AvgIpc) is 3.00. The second-order valence-corrected chi connectivity index (χ2v) is 15.1. The summed E-state index contributed by atoms with van der Waals surface area (Å²) in [7, 11) is -6.76. The van der Waals surface area contributed by atoms with E-state index in [1.54, 1.807) is 0 Å². The molecule has 4 unspecified atom stereocenters. The van der Waals surface area contributed by atoms with Crippen LogP contribution >= 0.6 is 0 Å². The fourth-order valence-electron chi connectivity index (χ4n) is 3.36. The fourth-order valence-corrected chi connectivity index (χ4v) is 5.86. The molecule has 168 valence electrons. The van der Waals surface area contributed by atoms with Crippen molar-refractivity contribution in [2.24, 2.45) is 5.73 Å². The second-order valence-electron chi connectivity index (χ2n) is 8.96. The summed E-state index contributed by atoms with van der Waals surface area (Å²) in [5.74, 6) is 0. The number of nitrogens with zero attached hydrogens (tertiary/aromatic N) is 1. The van der Waals surface area contributed by atoms with Crippen LogP contribution in [0.15, 0.2) is 33.0 Å². The minimum Gasteiger partial charge on any atom is -0.406 e. The summed E-state index contributed by atoms with van der Waals surface area (Å²) in [4.78, 5) is 26.1. The summed E-state index contributed by atoms with van der Waals surface area (Å²) in [6, 6.07) is 1.12. The predicted octanol–water partition coefficient (Wildman–Crippen LogP) is -0.284. The number of aliphatic hydroxyl groups excluding tert-OH is 1. The molecule has 4 atom stereocenters. The summed E-state index contributed by atoms with van der Waals surface area (Å²) in [6.45, 7) is 9.18. The Morgan fingerprint density at radius 2 is 2.00 bits per heavy atom. The van der Waals surface area contributed by atoms with Crippen molar-refractivity contribution in [2.75, 3.05) is 6.61 Å². The quantitative estimate of drug-likeness (QED) is 0.404. The van der Waals surface area contributed by atoms with E-state index in [9.17, 15) is 23.1 Å². The van der Waals surface area contributed by atoms with Gasteiger partial charge in [0.25, 0.3) is 15.7 Å².